The van der Waals surface area contributed by atoms with Crippen LogP contribution < -0.4 is 16.0 Å². The fourth-order valence-electron chi connectivity index (χ4n) is 2.66. The van der Waals surface area contributed by atoms with Crippen molar-refractivity contribution in [1.29, 1.82) is 0 Å². The third-order valence-corrected chi connectivity index (χ3v) is 5.21. The van der Waals surface area contributed by atoms with E-state index in [1.807, 2.05) is 0 Å². The van der Waals surface area contributed by atoms with Gasteiger partial charge in [0.25, 0.3) is 11.8 Å². The number of nitrogens with zero attached hydrogens (tertiary/aromatic N) is 1. The van der Waals surface area contributed by atoms with Crippen molar-refractivity contribution in [2.24, 2.45) is 0 Å². The fourth-order valence-corrected chi connectivity index (χ4v) is 3.77. The topological polar surface area (TPSA) is 126 Å². The molecule has 2 aromatic carbocycles. The first-order valence-electron chi connectivity index (χ1n) is 8.30. The first-order valence-corrected chi connectivity index (χ1v) is 9.35. The van der Waals surface area contributed by atoms with Gasteiger partial charge in [0.05, 0.1) is 5.75 Å². The zero-order valence-corrected chi connectivity index (χ0v) is 15.7. The van der Waals surface area contributed by atoms with Crippen LogP contribution in [0, 0.1) is 5.21 Å². The summed E-state index contributed by atoms with van der Waals surface area (Å²) in [6, 6.07) is 12.5. The highest BCUT2D eigenvalue weighted by atomic mass is 32.2. The molecule has 146 valence electrons. The number of hydrogen-bond acceptors (Lipinski definition) is 6. The van der Waals surface area contributed by atoms with Gasteiger partial charge < -0.3 is 10.5 Å². The maximum atomic E-state index is 12.5. The van der Waals surface area contributed by atoms with Gasteiger partial charge in [0, 0.05) is 30.3 Å². The summed E-state index contributed by atoms with van der Waals surface area (Å²) >= 11 is 1.34. The van der Waals surface area contributed by atoms with Gasteiger partial charge in [-0.1, -0.05) is 0 Å². The van der Waals surface area contributed by atoms with Crippen LogP contribution in [0.1, 0.15) is 28.2 Å². The molecule has 0 bridgehead atoms. The van der Waals surface area contributed by atoms with Gasteiger partial charge in [0.2, 0.25) is 5.91 Å². The number of hydrogen-bond donors (Lipinski definition) is 4. The van der Waals surface area contributed by atoms with Gasteiger partial charge in [-0.3, -0.25) is 19.8 Å². The Morgan fingerprint density at radius 3 is 2.39 bits per heavy atom. The average Bonchev–Trinajstić information content (AvgIpc) is 3.02. The number of amides is 3. The second-order valence-corrected chi connectivity index (χ2v) is 7.12. The van der Waals surface area contributed by atoms with Crippen LogP contribution in [-0.2, 0) is 9.59 Å². The van der Waals surface area contributed by atoms with E-state index in [4.69, 9.17) is 5.21 Å². The number of nitrogens with one attached hydrogen (secondary N) is 3. The Bertz CT molecular complexity index is 886. The van der Waals surface area contributed by atoms with E-state index in [2.05, 4.69) is 10.7 Å². The summed E-state index contributed by atoms with van der Waals surface area (Å²) in [5.74, 6) is -0.723. The lowest BCUT2D eigenvalue weighted by Gasteiger charge is -2.25. The van der Waals surface area contributed by atoms with Crippen molar-refractivity contribution in [2.45, 2.75) is 12.3 Å². The van der Waals surface area contributed by atoms with Crippen LogP contribution in [0.4, 0.5) is 11.4 Å². The molecule has 28 heavy (non-hydrogen) atoms. The summed E-state index contributed by atoms with van der Waals surface area (Å²) in [7, 11) is 0. The molecule has 2 unspecified atom stereocenters. The number of carbonyl (C=O) groups is 3. The molecule has 1 aliphatic heterocycles. The van der Waals surface area contributed by atoms with Gasteiger partial charge in [-0.05, 0) is 42.0 Å². The predicted octanol–water partition coefficient (Wildman–Crippen LogP) is 0.967. The van der Waals surface area contributed by atoms with Crippen LogP contribution in [0.5, 0.6) is 0 Å². The van der Waals surface area contributed by atoms with E-state index in [-0.39, 0.29) is 23.3 Å². The molecule has 0 aliphatic carbocycles. The van der Waals surface area contributed by atoms with Crippen molar-refractivity contribution in [2.75, 3.05) is 11.1 Å². The smallest absolute Gasteiger partial charge is 0.269 e. The van der Waals surface area contributed by atoms with E-state index in [1.165, 1.54) is 35.8 Å². The molecule has 10 heteroatoms. The molecule has 2 atom stereocenters. The molecule has 1 fully saturated rings. The van der Waals surface area contributed by atoms with Crippen LogP contribution in [0.25, 0.3) is 0 Å². The van der Waals surface area contributed by atoms with Crippen LogP contribution in [0.3, 0.4) is 0 Å². The van der Waals surface area contributed by atoms with Crippen molar-refractivity contribution in [3.8, 4) is 0 Å². The first kappa shape index (κ1) is 19.8. The highest BCUT2D eigenvalue weighted by molar-refractivity contribution is 8.00. The Morgan fingerprint density at radius 1 is 1.18 bits per heavy atom. The molecule has 2 aromatic rings. The molecule has 0 saturated carbocycles. The van der Waals surface area contributed by atoms with Crippen molar-refractivity contribution < 1.29 is 24.8 Å². The van der Waals surface area contributed by atoms with Crippen molar-refractivity contribution >= 4 is 40.9 Å². The molecule has 3 amide bonds. The minimum Gasteiger partial charge on any atom is -0.595 e. The highest BCUT2D eigenvalue weighted by Crippen LogP contribution is 2.37. The Kier molecular flexibility index (Phi) is 5.95. The Hall–Kier alpha value is -2.92. The molecule has 1 saturated heterocycles. The van der Waals surface area contributed by atoms with Crippen LogP contribution >= 0.6 is 11.8 Å². The molecule has 9 nitrogen and oxygen atoms in total. The summed E-state index contributed by atoms with van der Waals surface area (Å²) < 4.78 is 0. The van der Waals surface area contributed by atoms with Gasteiger partial charge in [-0.25, -0.2) is 10.2 Å². The Morgan fingerprint density at radius 2 is 1.82 bits per heavy atom. The summed E-state index contributed by atoms with van der Waals surface area (Å²) in [6.45, 7) is 1.39. The van der Waals surface area contributed by atoms with E-state index in [1.54, 1.807) is 36.4 Å². The van der Waals surface area contributed by atoms with E-state index >= 15 is 0 Å². The SMILES string of the molecule is CC(=O)Nc1ccc(C(=O)NN2C(=O)CSC2c2ccc([NH+]([O-])O)cc2)cc1. The molecular weight excluding hydrogens is 384 g/mol. The van der Waals surface area contributed by atoms with Crippen LogP contribution in [0.2, 0.25) is 0 Å². The molecule has 0 radical (unpaired) electrons. The normalized spacial score (nSPS) is 17.3. The van der Waals surface area contributed by atoms with E-state index in [9.17, 15) is 19.6 Å². The minimum atomic E-state index is -1.03. The predicted molar refractivity (Wildman–Crippen MR) is 102 cm³/mol. The summed E-state index contributed by atoms with van der Waals surface area (Å²) in [5.41, 5.74) is 4.36. The van der Waals surface area contributed by atoms with E-state index < -0.39 is 16.5 Å². The number of thioether (sulfide) groups is 1. The lowest BCUT2D eigenvalue weighted by Crippen LogP contribution is -2.99. The fraction of sp³-hybridized carbons (Fsp3) is 0.167. The van der Waals surface area contributed by atoms with E-state index in [0.717, 1.165) is 0 Å². The number of quaternary nitrogens is 1. The lowest BCUT2D eigenvalue weighted by atomic mass is 10.2. The molecule has 0 spiro atoms. The van der Waals surface area contributed by atoms with Gasteiger partial charge in [0.1, 0.15) is 5.37 Å². The van der Waals surface area contributed by atoms with Crippen molar-refractivity contribution in [1.82, 2.24) is 10.4 Å². The molecule has 3 rings (SSSR count). The largest absolute Gasteiger partial charge is 0.595 e. The zero-order chi connectivity index (χ0) is 20.3. The zero-order valence-electron chi connectivity index (χ0n) is 14.8. The maximum absolute atomic E-state index is 12.5. The van der Waals surface area contributed by atoms with Gasteiger partial charge >= 0.3 is 0 Å². The first-order chi connectivity index (χ1) is 13.3. The number of rotatable bonds is 5. The van der Waals surface area contributed by atoms with Crippen molar-refractivity contribution in [3.63, 3.8) is 0 Å². The second-order valence-electron chi connectivity index (χ2n) is 6.05. The van der Waals surface area contributed by atoms with Crippen LogP contribution in [0.15, 0.2) is 48.5 Å². The highest BCUT2D eigenvalue weighted by Gasteiger charge is 2.34. The molecule has 1 heterocycles. The van der Waals surface area contributed by atoms with Crippen LogP contribution in [-0.4, -0.2) is 33.7 Å². The van der Waals surface area contributed by atoms with E-state index in [0.29, 0.717) is 16.8 Å². The Labute approximate surface area is 164 Å². The molecule has 4 N–H and O–H groups in total. The van der Waals surface area contributed by atoms with Gasteiger partial charge in [0.15, 0.2) is 5.69 Å². The number of carbonyl (C=O) groups excluding carboxylic acids is 3. The van der Waals surface area contributed by atoms with Gasteiger partial charge in [-0.15, -0.1) is 11.8 Å². The Balaban J connectivity index is 1.72. The average molecular weight is 402 g/mol. The summed E-state index contributed by atoms with van der Waals surface area (Å²) in [5, 5.41) is 22.4. The number of benzene rings is 2. The quantitative estimate of drug-likeness (QED) is 0.552. The summed E-state index contributed by atoms with van der Waals surface area (Å²) in [6.07, 6.45) is 0. The monoisotopic (exact) mass is 402 g/mol. The third-order valence-electron chi connectivity index (χ3n) is 4.00. The lowest BCUT2D eigenvalue weighted by molar-refractivity contribution is -0.991. The third kappa shape index (κ3) is 4.49. The second kappa shape index (κ2) is 8.40. The molecular formula is C18H18N4O5S. The number of anilines is 1. The summed E-state index contributed by atoms with van der Waals surface area (Å²) in [4.78, 5) is 35.8. The maximum Gasteiger partial charge on any atom is 0.269 e. The molecule has 1 aliphatic rings. The van der Waals surface area contributed by atoms with Crippen molar-refractivity contribution in [3.05, 3.63) is 64.9 Å². The minimum absolute atomic E-state index is 0.146. The number of hydrazine groups is 1. The van der Waals surface area contributed by atoms with Gasteiger partial charge in [-0.2, -0.15) is 5.23 Å². The molecule has 0 aromatic heterocycles. The standard InChI is InChI=1S/C18H18N4O5S/c1-11(23)19-14-6-2-12(3-7-14)17(25)20-21-16(24)10-28-18(21)13-4-8-15(9-5-13)22(26)27/h2-9,18,22,26H,10H2,1H3,(H,19,23)(H,20,25).